The molecule has 0 aliphatic carbocycles. The molecular weight excluding hydrogens is 534 g/mol. The number of aryl methyl sites for hydroxylation is 1. The summed E-state index contributed by atoms with van der Waals surface area (Å²) < 4.78 is 59.2. The van der Waals surface area contributed by atoms with Gasteiger partial charge in [0.1, 0.15) is 5.82 Å². The maximum atomic E-state index is 13.8. The number of nitrogens with zero attached hydrogens (tertiary/aromatic N) is 1. The summed E-state index contributed by atoms with van der Waals surface area (Å²) in [4.78, 5) is 32.8. The first-order chi connectivity index (χ1) is 18.9. The Bertz CT molecular complexity index is 1820. The zero-order valence-electron chi connectivity index (χ0n) is 21.0. The third-order valence-electron chi connectivity index (χ3n) is 6.66. The minimum absolute atomic E-state index is 0.0313. The van der Waals surface area contributed by atoms with Gasteiger partial charge >= 0.3 is 6.18 Å². The van der Waals surface area contributed by atoms with Crippen molar-refractivity contribution in [3.05, 3.63) is 76.0 Å². The molecule has 0 fully saturated rings. The quantitative estimate of drug-likeness (QED) is 0.217. The lowest BCUT2D eigenvalue weighted by molar-refractivity contribution is -0.134. The SMILES string of the molecule is CC(CO)(CO)NC(=O)c1cccc(-c2cc3c(nc2CCC(F)(F)F)oc2c4ccc(F)cc4[nH]c(=O)c32)c1. The molecule has 0 spiro atoms. The molecule has 0 atom stereocenters. The van der Waals surface area contributed by atoms with E-state index in [1.165, 1.54) is 43.3 Å². The van der Waals surface area contributed by atoms with Crippen LogP contribution in [0.25, 0.3) is 44.1 Å². The fourth-order valence-electron chi connectivity index (χ4n) is 4.48. The van der Waals surface area contributed by atoms with Gasteiger partial charge in [-0.25, -0.2) is 9.37 Å². The molecule has 0 radical (unpaired) electrons. The first-order valence-corrected chi connectivity index (χ1v) is 12.2. The summed E-state index contributed by atoms with van der Waals surface area (Å²) in [5.41, 5.74) is -0.905. The monoisotopic (exact) mass is 557 g/mol. The molecule has 0 unspecified atom stereocenters. The van der Waals surface area contributed by atoms with Gasteiger partial charge in [0.25, 0.3) is 11.5 Å². The van der Waals surface area contributed by atoms with Crippen molar-refractivity contribution in [1.29, 1.82) is 0 Å². The van der Waals surface area contributed by atoms with Gasteiger partial charge in [-0.15, -0.1) is 0 Å². The molecular formula is C28H23F4N3O5. The number of aromatic nitrogens is 2. The molecule has 0 saturated carbocycles. The van der Waals surface area contributed by atoms with Crippen molar-refractivity contribution in [2.24, 2.45) is 0 Å². The van der Waals surface area contributed by atoms with E-state index in [9.17, 15) is 37.4 Å². The zero-order chi connectivity index (χ0) is 28.8. The molecule has 8 nitrogen and oxygen atoms in total. The number of halogens is 4. The van der Waals surface area contributed by atoms with Crippen molar-refractivity contribution in [2.45, 2.75) is 31.5 Å². The number of carbonyl (C=O) groups excluding carboxylic acids is 1. The molecule has 12 heteroatoms. The molecule has 208 valence electrons. The standard InChI is InChI=1S/C28H23F4N3O5/c1-27(12-36,13-37)35-24(38)15-4-2-3-14(9-15)18-11-19-22-23(17-6-5-16(29)10-21(17)33-25(22)39)40-26(19)34-20(18)7-8-28(30,31)32/h2-6,9-11,36-37H,7-8,12-13H2,1H3,(H,33,39)(H,35,38). The number of alkyl halides is 3. The Morgan fingerprint density at radius 1 is 1.07 bits per heavy atom. The highest BCUT2D eigenvalue weighted by atomic mass is 19.4. The van der Waals surface area contributed by atoms with Crippen LogP contribution >= 0.6 is 0 Å². The normalized spacial score (nSPS) is 12.5. The van der Waals surface area contributed by atoms with Crippen LogP contribution in [0, 0.1) is 5.82 Å². The Morgan fingerprint density at radius 3 is 2.52 bits per heavy atom. The molecule has 0 saturated heterocycles. The van der Waals surface area contributed by atoms with Crippen LogP contribution < -0.4 is 10.9 Å². The minimum atomic E-state index is -4.47. The number of H-pyrrole nitrogens is 1. The van der Waals surface area contributed by atoms with Gasteiger partial charge in [0.15, 0.2) is 5.58 Å². The summed E-state index contributed by atoms with van der Waals surface area (Å²) in [7, 11) is 0. The summed E-state index contributed by atoms with van der Waals surface area (Å²) in [6.07, 6.45) is -6.15. The third kappa shape index (κ3) is 5.15. The molecule has 0 bridgehead atoms. The molecule has 0 aliphatic rings. The summed E-state index contributed by atoms with van der Waals surface area (Å²) in [6.45, 7) is 0.391. The second-order valence-electron chi connectivity index (χ2n) is 9.81. The lowest BCUT2D eigenvalue weighted by Gasteiger charge is -2.26. The van der Waals surface area contributed by atoms with Crippen LogP contribution in [-0.4, -0.2) is 51.0 Å². The molecule has 4 N–H and O–H groups in total. The highest BCUT2D eigenvalue weighted by molar-refractivity contribution is 6.13. The van der Waals surface area contributed by atoms with E-state index in [1.807, 2.05) is 0 Å². The second-order valence-corrected chi connectivity index (χ2v) is 9.81. The van der Waals surface area contributed by atoms with E-state index in [4.69, 9.17) is 4.42 Å². The van der Waals surface area contributed by atoms with Gasteiger partial charge < -0.3 is 24.9 Å². The van der Waals surface area contributed by atoms with E-state index in [0.29, 0.717) is 10.9 Å². The number of carbonyl (C=O) groups is 1. The Labute approximate surface area is 223 Å². The predicted molar refractivity (Wildman–Crippen MR) is 139 cm³/mol. The number of aliphatic hydroxyl groups is 2. The number of amides is 1. The van der Waals surface area contributed by atoms with Crippen LogP contribution in [0.15, 0.2) is 57.7 Å². The fourth-order valence-corrected chi connectivity index (χ4v) is 4.48. The van der Waals surface area contributed by atoms with Crippen molar-refractivity contribution in [1.82, 2.24) is 15.3 Å². The van der Waals surface area contributed by atoms with Crippen LogP contribution in [0.3, 0.4) is 0 Å². The minimum Gasteiger partial charge on any atom is -0.437 e. The largest absolute Gasteiger partial charge is 0.437 e. The van der Waals surface area contributed by atoms with Crippen LogP contribution in [0.4, 0.5) is 17.6 Å². The van der Waals surface area contributed by atoms with Gasteiger partial charge in [0, 0.05) is 22.9 Å². The summed E-state index contributed by atoms with van der Waals surface area (Å²) in [5, 5.41) is 22.3. The summed E-state index contributed by atoms with van der Waals surface area (Å²) in [5.74, 6) is -1.20. The molecule has 0 aliphatic heterocycles. The summed E-state index contributed by atoms with van der Waals surface area (Å²) in [6, 6.07) is 11.3. The lowest BCUT2D eigenvalue weighted by Crippen LogP contribution is -2.51. The topological polar surface area (TPSA) is 128 Å². The highest BCUT2D eigenvalue weighted by Crippen LogP contribution is 2.36. The fraction of sp³-hybridized carbons (Fsp3) is 0.250. The maximum Gasteiger partial charge on any atom is 0.389 e. The average molecular weight is 558 g/mol. The first kappa shape index (κ1) is 27.3. The number of pyridine rings is 2. The molecule has 5 rings (SSSR count). The van der Waals surface area contributed by atoms with Crippen LogP contribution in [0.5, 0.6) is 0 Å². The van der Waals surface area contributed by atoms with Crippen molar-refractivity contribution >= 4 is 38.9 Å². The van der Waals surface area contributed by atoms with Crippen molar-refractivity contribution in [3.63, 3.8) is 0 Å². The Kier molecular flexibility index (Phi) is 6.84. The van der Waals surface area contributed by atoms with E-state index in [-0.39, 0.29) is 44.4 Å². The van der Waals surface area contributed by atoms with Gasteiger partial charge in [-0.3, -0.25) is 9.59 Å². The molecule has 40 heavy (non-hydrogen) atoms. The molecule has 3 aromatic heterocycles. The number of rotatable bonds is 7. The van der Waals surface area contributed by atoms with E-state index in [2.05, 4.69) is 15.3 Å². The molecule has 1 amide bonds. The van der Waals surface area contributed by atoms with Crippen molar-refractivity contribution in [3.8, 4) is 11.1 Å². The number of benzene rings is 2. The first-order valence-electron chi connectivity index (χ1n) is 12.2. The Balaban J connectivity index is 1.70. The number of aliphatic hydroxyl groups excluding tert-OH is 2. The van der Waals surface area contributed by atoms with Gasteiger partial charge in [0.2, 0.25) is 5.71 Å². The van der Waals surface area contributed by atoms with Crippen molar-refractivity contribution < 1.29 is 37.0 Å². The van der Waals surface area contributed by atoms with Gasteiger partial charge in [-0.2, -0.15) is 13.2 Å². The Morgan fingerprint density at radius 2 is 1.82 bits per heavy atom. The summed E-state index contributed by atoms with van der Waals surface area (Å²) >= 11 is 0. The predicted octanol–water partition coefficient (Wildman–Crippen LogP) is 4.60. The van der Waals surface area contributed by atoms with Crippen molar-refractivity contribution in [2.75, 3.05) is 13.2 Å². The van der Waals surface area contributed by atoms with E-state index in [1.54, 1.807) is 6.07 Å². The molecule has 2 aromatic carbocycles. The molecule has 5 aromatic rings. The Hall–Kier alpha value is -4.29. The number of nitrogens with one attached hydrogen (secondary N) is 2. The molecule has 3 heterocycles. The maximum absolute atomic E-state index is 13.8. The van der Waals surface area contributed by atoms with Gasteiger partial charge in [-0.1, -0.05) is 12.1 Å². The second kappa shape index (κ2) is 10.0. The van der Waals surface area contributed by atoms with Gasteiger partial charge in [-0.05, 0) is 55.3 Å². The highest BCUT2D eigenvalue weighted by Gasteiger charge is 2.29. The number of aromatic amines is 1. The smallest absolute Gasteiger partial charge is 0.389 e. The zero-order valence-corrected chi connectivity index (χ0v) is 21.0. The number of hydrogen-bond acceptors (Lipinski definition) is 6. The van der Waals surface area contributed by atoms with Gasteiger partial charge in [0.05, 0.1) is 40.7 Å². The number of hydrogen-bond donors (Lipinski definition) is 4. The third-order valence-corrected chi connectivity index (χ3v) is 6.66. The van der Waals surface area contributed by atoms with E-state index < -0.39 is 55.1 Å². The van der Waals surface area contributed by atoms with E-state index >= 15 is 0 Å². The van der Waals surface area contributed by atoms with Crippen LogP contribution in [-0.2, 0) is 6.42 Å². The lowest BCUT2D eigenvalue weighted by atomic mass is 9.97. The average Bonchev–Trinajstić information content (AvgIpc) is 3.30. The van der Waals surface area contributed by atoms with Crippen LogP contribution in [0.1, 0.15) is 29.4 Å². The number of fused-ring (bicyclic) bond motifs is 5. The number of furan rings is 1. The van der Waals surface area contributed by atoms with Crippen LogP contribution in [0.2, 0.25) is 0 Å². The van der Waals surface area contributed by atoms with E-state index in [0.717, 1.165) is 6.07 Å².